The van der Waals surface area contributed by atoms with Crippen molar-refractivity contribution in [2.24, 2.45) is 11.8 Å². The predicted molar refractivity (Wildman–Crippen MR) is 233 cm³/mol. The molecule has 2 unspecified atom stereocenters. The number of anilines is 1. The van der Waals surface area contributed by atoms with E-state index in [-0.39, 0.29) is 11.7 Å². The molecule has 1 fully saturated rings. The third-order valence-corrected chi connectivity index (χ3v) is 11.4. The minimum Gasteiger partial charge on any atom is -0.507 e. The molecule has 0 radical (unpaired) electrons. The summed E-state index contributed by atoms with van der Waals surface area (Å²) in [5.41, 5.74) is 7.83. The molecule has 0 aliphatic heterocycles. The summed E-state index contributed by atoms with van der Waals surface area (Å²) in [6.07, 6.45) is 18.2. The van der Waals surface area contributed by atoms with Crippen LogP contribution in [0.25, 0.3) is 16.5 Å². The summed E-state index contributed by atoms with van der Waals surface area (Å²) in [7, 11) is 0. The molecule has 6 heteroatoms. The first kappa shape index (κ1) is 41.6. The molecule has 2 N–H and O–H groups in total. The second kappa shape index (κ2) is 19.9. The highest BCUT2D eigenvalue weighted by molar-refractivity contribution is 6.04. The van der Waals surface area contributed by atoms with E-state index in [0.29, 0.717) is 28.8 Å². The molecule has 55 heavy (non-hydrogen) atoms. The number of hydrogen-bond acceptors (Lipinski definition) is 4. The standard InChI is InChI=1S/C49H65N3O3/c1-9-13-14-17-39(16-10-2)48-45(38-18-15-19-38)29-41(30-47(48)53)50-49(54)40-20-22-42(23-21-40)55-43-24-25-46-44(31-43)36(7)37(8)52(46)33-35(6)32-51(27-11-3)28-26-34(5)12-4/h10,13-14,16-17,20-25,29-31,34-35,38,53H,9,11-12,15,18-19,26-28,32-33H2,1-8H3,(H,50,54)/b14-13+,16-10-,39-17+. The molecule has 1 amide bonds. The number of allylic oxidation sites excluding steroid dienone is 6. The van der Waals surface area contributed by atoms with Crippen LogP contribution in [-0.4, -0.2) is 40.1 Å². The summed E-state index contributed by atoms with van der Waals surface area (Å²) in [5.74, 6) is 3.05. The predicted octanol–water partition coefficient (Wildman–Crippen LogP) is 13.0. The summed E-state index contributed by atoms with van der Waals surface area (Å²) in [5, 5.41) is 15.6. The Bertz CT molecular complexity index is 1980. The van der Waals surface area contributed by atoms with E-state index >= 15 is 0 Å². The van der Waals surface area contributed by atoms with E-state index in [1.807, 2.05) is 49.4 Å². The van der Waals surface area contributed by atoms with E-state index in [9.17, 15) is 9.90 Å². The lowest BCUT2D eigenvalue weighted by Crippen LogP contribution is -2.32. The second-order valence-corrected chi connectivity index (χ2v) is 15.8. The summed E-state index contributed by atoms with van der Waals surface area (Å²) in [6, 6.07) is 17.3. The lowest BCUT2D eigenvalue weighted by molar-refractivity contribution is 0.102. The van der Waals surface area contributed by atoms with Gasteiger partial charge in [0.15, 0.2) is 0 Å². The van der Waals surface area contributed by atoms with Crippen LogP contribution in [-0.2, 0) is 6.54 Å². The number of carbonyl (C=O) groups is 1. The van der Waals surface area contributed by atoms with Gasteiger partial charge in [-0.25, -0.2) is 0 Å². The van der Waals surface area contributed by atoms with Gasteiger partial charge in [0.2, 0.25) is 0 Å². The van der Waals surface area contributed by atoms with Gasteiger partial charge in [0, 0.05) is 52.6 Å². The van der Waals surface area contributed by atoms with E-state index in [1.165, 1.54) is 54.4 Å². The fraction of sp³-hybridized carbons (Fsp3) is 0.449. The van der Waals surface area contributed by atoms with Gasteiger partial charge in [0.05, 0.1) is 0 Å². The maximum absolute atomic E-state index is 13.4. The van der Waals surface area contributed by atoms with E-state index in [2.05, 4.69) is 87.5 Å². The lowest BCUT2D eigenvalue weighted by atomic mass is 9.76. The first-order chi connectivity index (χ1) is 26.6. The van der Waals surface area contributed by atoms with Crippen LogP contribution in [0.5, 0.6) is 17.2 Å². The molecule has 1 aliphatic rings. The van der Waals surface area contributed by atoms with Gasteiger partial charge in [-0.2, -0.15) is 0 Å². The molecule has 294 valence electrons. The number of carbonyl (C=O) groups excluding carboxylic acids is 1. The van der Waals surface area contributed by atoms with Gasteiger partial charge in [-0.3, -0.25) is 4.79 Å². The SMILES string of the molecule is C\C=C/C(=C\C=C\CC)c1c(O)cc(NC(=O)c2ccc(Oc3ccc4c(c3)c(C)c(C)n4CC(C)CN(CCC)CCC(C)CC)cc2)cc1C1CCC1. The number of aryl methyl sites for hydroxylation is 1. The smallest absolute Gasteiger partial charge is 0.255 e. The van der Waals surface area contributed by atoms with Crippen molar-refractivity contribution >= 4 is 28.1 Å². The van der Waals surface area contributed by atoms with E-state index < -0.39 is 0 Å². The largest absolute Gasteiger partial charge is 0.507 e. The first-order valence-electron chi connectivity index (χ1n) is 20.8. The number of hydrogen-bond donors (Lipinski definition) is 2. The van der Waals surface area contributed by atoms with Gasteiger partial charge >= 0.3 is 0 Å². The van der Waals surface area contributed by atoms with Gasteiger partial charge in [-0.15, -0.1) is 0 Å². The number of nitrogens with one attached hydrogen (secondary N) is 1. The number of aromatic hydroxyl groups is 1. The van der Waals surface area contributed by atoms with Gasteiger partial charge < -0.3 is 24.6 Å². The number of benzene rings is 3. The number of ether oxygens (including phenoxy) is 1. The van der Waals surface area contributed by atoms with Crippen LogP contribution in [0.4, 0.5) is 5.69 Å². The minimum atomic E-state index is -0.232. The van der Waals surface area contributed by atoms with Crippen molar-refractivity contribution in [1.29, 1.82) is 0 Å². The van der Waals surface area contributed by atoms with Crippen molar-refractivity contribution in [2.45, 2.75) is 113 Å². The molecule has 2 atom stereocenters. The number of fused-ring (bicyclic) bond motifs is 1. The normalized spacial score (nSPS) is 15.0. The maximum atomic E-state index is 13.4. The Morgan fingerprint density at radius 2 is 1.75 bits per heavy atom. The molecular weight excluding hydrogens is 679 g/mol. The number of phenols is 1. The monoisotopic (exact) mass is 744 g/mol. The van der Waals surface area contributed by atoms with Crippen molar-refractivity contribution in [3.8, 4) is 17.2 Å². The third kappa shape index (κ3) is 10.6. The van der Waals surface area contributed by atoms with Gasteiger partial charge in [-0.05, 0) is 149 Å². The highest BCUT2D eigenvalue weighted by Crippen LogP contribution is 2.44. The Morgan fingerprint density at radius 3 is 2.40 bits per heavy atom. The molecule has 4 aromatic rings. The molecule has 1 aromatic heterocycles. The van der Waals surface area contributed by atoms with Gasteiger partial charge in [0.25, 0.3) is 5.91 Å². The van der Waals surface area contributed by atoms with Crippen molar-refractivity contribution in [2.75, 3.05) is 25.0 Å². The Labute approximate surface area is 331 Å². The molecule has 0 bridgehead atoms. The van der Waals surface area contributed by atoms with Crippen LogP contribution in [0.3, 0.4) is 0 Å². The Morgan fingerprint density at radius 1 is 1.00 bits per heavy atom. The Balaban J connectivity index is 1.27. The van der Waals surface area contributed by atoms with Gasteiger partial charge in [-0.1, -0.05) is 77.8 Å². The number of nitrogens with zero attached hydrogens (tertiary/aromatic N) is 2. The minimum absolute atomic E-state index is 0.177. The average Bonchev–Trinajstić information content (AvgIpc) is 3.37. The van der Waals surface area contributed by atoms with Crippen LogP contribution < -0.4 is 10.1 Å². The molecule has 1 saturated carbocycles. The highest BCUT2D eigenvalue weighted by Gasteiger charge is 2.26. The summed E-state index contributed by atoms with van der Waals surface area (Å²) in [6.45, 7) is 22.3. The zero-order valence-electron chi connectivity index (χ0n) is 34.8. The third-order valence-electron chi connectivity index (χ3n) is 11.4. The van der Waals surface area contributed by atoms with Crippen LogP contribution in [0.1, 0.15) is 125 Å². The summed E-state index contributed by atoms with van der Waals surface area (Å²) >= 11 is 0. The van der Waals surface area contributed by atoms with Crippen molar-refractivity contribution < 1.29 is 14.6 Å². The molecule has 0 saturated heterocycles. The summed E-state index contributed by atoms with van der Waals surface area (Å²) < 4.78 is 8.81. The fourth-order valence-electron chi connectivity index (χ4n) is 7.76. The molecule has 3 aromatic carbocycles. The number of rotatable bonds is 19. The molecule has 6 nitrogen and oxygen atoms in total. The topological polar surface area (TPSA) is 66.7 Å². The first-order valence-corrected chi connectivity index (χ1v) is 20.8. The number of amides is 1. The Hall–Kier alpha value is -4.55. The van der Waals surface area contributed by atoms with Crippen LogP contribution in [0.15, 0.2) is 85.0 Å². The maximum Gasteiger partial charge on any atom is 0.255 e. The quantitative estimate of drug-likeness (QED) is 0.0939. The average molecular weight is 744 g/mol. The zero-order chi connectivity index (χ0) is 39.5. The number of aromatic nitrogens is 1. The molecule has 1 heterocycles. The highest BCUT2D eigenvalue weighted by atomic mass is 16.5. The van der Waals surface area contributed by atoms with E-state index in [4.69, 9.17) is 4.74 Å². The van der Waals surface area contributed by atoms with Gasteiger partial charge in [0.1, 0.15) is 17.2 Å². The van der Waals surface area contributed by atoms with Crippen molar-refractivity contribution in [3.63, 3.8) is 0 Å². The van der Waals surface area contributed by atoms with Crippen LogP contribution in [0.2, 0.25) is 0 Å². The summed E-state index contributed by atoms with van der Waals surface area (Å²) in [4.78, 5) is 16.1. The van der Waals surface area contributed by atoms with Crippen molar-refractivity contribution in [1.82, 2.24) is 9.47 Å². The lowest BCUT2D eigenvalue weighted by Gasteiger charge is -2.29. The zero-order valence-corrected chi connectivity index (χ0v) is 34.8. The second-order valence-electron chi connectivity index (χ2n) is 15.8. The van der Waals surface area contributed by atoms with Crippen LogP contribution in [0, 0.1) is 25.7 Å². The van der Waals surface area contributed by atoms with E-state index in [0.717, 1.165) is 67.3 Å². The molecular formula is C49H65N3O3. The molecule has 5 rings (SSSR count). The van der Waals surface area contributed by atoms with E-state index in [1.54, 1.807) is 18.2 Å². The molecule has 1 aliphatic carbocycles. The van der Waals surface area contributed by atoms with Crippen molar-refractivity contribution in [3.05, 3.63) is 113 Å². The van der Waals surface area contributed by atoms with Crippen LogP contribution >= 0.6 is 0 Å². The molecule has 0 spiro atoms. The fourth-order valence-corrected chi connectivity index (χ4v) is 7.76. The Kier molecular flexibility index (Phi) is 15.0. The number of phenolic OH excluding ortho intramolecular Hbond substituents is 1.